The quantitative estimate of drug-likeness (QED) is 0.150. The normalized spacial score (nSPS) is 14.2. The number of carboxylic acid groups (broad SMARTS) is 3. The minimum Gasteiger partial charge on any atom is -0.481 e. The number of hydrogen-bond acceptors (Lipinski definition) is 7. The summed E-state index contributed by atoms with van der Waals surface area (Å²) in [5.74, 6) is -7.87. The molecule has 2 aromatic rings. The van der Waals surface area contributed by atoms with Crippen molar-refractivity contribution < 1.29 is 44.1 Å². The van der Waals surface area contributed by atoms with Gasteiger partial charge >= 0.3 is 17.9 Å². The van der Waals surface area contributed by atoms with Crippen LogP contribution in [0.15, 0.2) is 30.5 Å². The number of aromatic nitrogens is 1. The molecule has 14 nitrogen and oxygen atoms in total. The van der Waals surface area contributed by atoms with E-state index in [2.05, 4.69) is 20.9 Å². The Bertz CT molecular complexity index is 1210. The molecule has 0 spiro atoms. The first-order valence-corrected chi connectivity index (χ1v) is 11.7. The lowest BCUT2D eigenvalue weighted by Crippen LogP contribution is -2.59. The maximum absolute atomic E-state index is 12.9. The SMILES string of the molecule is CC(C)C(NC(=O)C(CC(=O)O)NC(=O)C(N)Cc1c[nH]c2ccccc12)C(=O)NC(CC(=O)O)C(=O)O. The number of benzene rings is 1. The summed E-state index contributed by atoms with van der Waals surface area (Å²) in [6.07, 6.45) is 0.0701. The third-order valence-corrected chi connectivity index (χ3v) is 5.70. The van der Waals surface area contributed by atoms with E-state index >= 15 is 0 Å². The van der Waals surface area contributed by atoms with Crippen molar-refractivity contribution in [3.8, 4) is 0 Å². The zero-order valence-electron chi connectivity index (χ0n) is 20.8. The molecule has 4 unspecified atom stereocenters. The van der Waals surface area contributed by atoms with E-state index in [-0.39, 0.29) is 6.42 Å². The molecule has 14 heteroatoms. The van der Waals surface area contributed by atoms with Crippen LogP contribution in [-0.2, 0) is 35.2 Å². The zero-order valence-corrected chi connectivity index (χ0v) is 20.8. The van der Waals surface area contributed by atoms with Crippen LogP contribution in [0.2, 0.25) is 0 Å². The van der Waals surface area contributed by atoms with Gasteiger partial charge in [-0.2, -0.15) is 0 Å². The van der Waals surface area contributed by atoms with Gasteiger partial charge in [0.2, 0.25) is 17.7 Å². The Kier molecular flexibility index (Phi) is 10.3. The first-order chi connectivity index (χ1) is 17.8. The number of nitrogens with one attached hydrogen (secondary N) is 4. The number of fused-ring (bicyclic) bond motifs is 1. The van der Waals surface area contributed by atoms with Gasteiger partial charge in [0.15, 0.2) is 0 Å². The third kappa shape index (κ3) is 8.30. The average Bonchev–Trinajstić information content (AvgIpc) is 3.23. The van der Waals surface area contributed by atoms with Gasteiger partial charge in [0.25, 0.3) is 0 Å². The van der Waals surface area contributed by atoms with Crippen molar-refractivity contribution in [2.45, 2.75) is 57.3 Å². The van der Waals surface area contributed by atoms with Gasteiger partial charge in [-0.05, 0) is 24.0 Å². The maximum atomic E-state index is 12.9. The Hall–Kier alpha value is -4.46. The molecule has 0 bridgehead atoms. The summed E-state index contributed by atoms with van der Waals surface area (Å²) < 4.78 is 0. The van der Waals surface area contributed by atoms with Gasteiger partial charge in [0.1, 0.15) is 18.1 Å². The highest BCUT2D eigenvalue weighted by molar-refractivity contribution is 5.96. The average molecular weight is 534 g/mol. The van der Waals surface area contributed by atoms with Crippen molar-refractivity contribution in [3.05, 3.63) is 36.0 Å². The van der Waals surface area contributed by atoms with Crippen LogP contribution in [0, 0.1) is 5.92 Å². The van der Waals surface area contributed by atoms with Crippen molar-refractivity contribution in [2.24, 2.45) is 11.7 Å². The first-order valence-electron chi connectivity index (χ1n) is 11.7. The molecule has 1 heterocycles. The number of nitrogens with two attached hydrogens (primary N) is 1. The van der Waals surface area contributed by atoms with E-state index in [1.54, 1.807) is 6.20 Å². The fraction of sp³-hybridized carbons (Fsp3) is 0.417. The van der Waals surface area contributed by atoms with E-state index in [0.29, 0.717) is 0 Å². The third-order valence-electron chi connectivity index (χ3n) is 5.70. The summed E-state index contributed by atoms with van der Waals surface area (Å²) in [4.78, 5) is 75.0. The lowest BCUT2D eigenvalue weighted by atomic mass is 10.0. The van der Waals surface area contributed by atoms with Crippen molar-refractivity contribution in [3.63, 3.8) is 0 Å². The van der Waals surface area contributed by atoms with Crippen LogP contribution in [0.4, 0.5) is 0 Å². The van der Waals surface area contributed by atoms with Gasteiger partial charge in [0.05, 0.1) is 18.9 Å². The number of carbonyl (C=O) groups is 6. The Morgan fingerprint density at radius 3 is 2.00 bits per heavy atom. The van der Waals surface area contributed by atoms with Gasteiger partial charge in [-0.15, -0.1) is 0 Å². The molecule has 3 amide bonds. The Morgan fingerprint density at radius 1 is 0.842 bits per heavy atom. The van der Waals surface area contributed by atoms with E-state index in [1.165, 1.54) is 13.8 Å². The van der Waals surface area contributed by atoms with Gasteiger partial charge in [-0.3, -0.25) is 24.0 Å². The van der Waals surface area contributed by atoms with Crippen LogP contribution in [-0.4, -0.2) is 80.1 Å². The number of carbonyl (C=O) groups excluding carboxylic acids is 3. The summed E-state index contributed by atoms with van der Waals surface area (Å²) in [6, 6.07) is 1.51. The molecule has 2 rings (SSSR count). The Labute approximate surface area is 217 Å². The lowest BCUT2D eigenvalue weighted by molar-refractivity contribution is -0.147. The molecule has 1 aromatic heterocycles. The summed E-state index contributed by atoms with van der Waals surface area (Å²) in [6.45, 7) is 3.05. The fourth-order valence-electron chi connectivity index (χ4n) is 3.72. The van der Waals surface area contributed by atoms with Gasteiger partial charge in [-0.25, -0.2) is 4.79 Å². The van der Waals surface area contributed by atoms with Gasteiger partial charge < -0.3 is 42.0 Å². The largest absolute Gasteiger partial charge is 0.481 e. The number of para-hydroxylation sites is 1. The predicted octanol–water partition coefficient (Wildman–Crippen LogP) is -0.818. The number of aromatic amines is 1. The van der Waals surface area contributed by atoms with Crippen molar-refractivity contribution in [2.75, 3.05) is 0 Å². The van der Waals surface area contributed by atoms with E-state index < -0.39 is 78.6 Å². The summed E-state index contributed by atoms with van der Waals surface area (Å²) in [7, 11) is 0. The minimum atomic E-state index is -1.75. The number of carboxylic acids is 3. The summed E-state index contributed by atoms with van der Waals surface area (Å²) >= 11 is 0. The molecule has 206 valence electrons. The van der Waals surface area contributed by atoms with Crippen LogP contribution in [0.5, 0.6) is 0 Å². The molecular weight excluding hydrogens is 502 g/mol. The van der Waals surface area contributed by atoms with Gasteiger partial charge in [0, 0.05) is 17.1 Å². The second-order valence-electron chi connectivity index (χ2n) is 9.06. The number of H-pyrrole nitrogens is 1. The van der Waals surface area contributed by atoms with Crippen molar-refractivity contribution in [1.29, 1.82) is 0 Å². The standard InChI is InChI=1S/C24H31N5O9/c1-11(2)20(23(36)28-17(24(37)38)9-19(32)33)29-22(35)16(8-18(30)31)27-21(34)14(25)7-12-10-26-15-6-4-3-5-13(12)15/h3-6,10-11,14,16-17,20,26H,7-9,25H2,1-2H3,(H,27,34)(H,28,36)(H,29,35)(H,30,31)(H,32,33)(H,37,38). The molecule has 9 N–H and O–H groups in total. The molecule has 0 saturated heterocycles. The maximum Gasteiger partial charge on any atom is 0.326 e. The monoisotopic (exact) mass is 533 g/mol. The van der Waals surface area contributed by atoms with E-state index in [9.17, 15) is 39.0 Å². The first kappa shape index (κ1) is 29.8. The number of aliphatic carboxylic acids is 3. The number of amides is 3. The van der Waals surface area contributed by atoms with E-state index in [1.807, 2.05) is 24.3 Å². The summed E-state index contributed by atoms with van der Waals surface area (Å²) in [5, 5.41) is 34.8. The zero-order chi connectivity index (χ0) is 28.6. The highest BCUT2D eigenvalue weighted by Gasteiger charge is 2.33. The molecule has 0 aliphatic carbocycles. The van der Waals surface area contributed by atoms with Crippen LogP contribution >= 0.6 is 0 Å². The topological polar surface area (TPSA) is 241 Å². The molecule has 0 aliphatic heterocycles. The molecule has 0 radical (unpaired) electrons. The smallest absolute Gasteiger partial charge is 0.326 e. The lowest BCUT2D eigenvalue weighted by Gasteiger charge is -2.26. The molecule has 1 aromatic carbocycles. The van der Waals surface area contributed by atoms with Crippen LogP contribution in [0.3, 0.4) is 0 Å². The summed E-state index contributed by atoms with van der Waals surface area (Å²) in [5.41, 5.74) is 7.61. The minimum absolute atomic E-state index is 0.0917. The molecule has 38 heavy (non-hydrogen) atoms. The number of hydrogen-bond donors (Lipinski definition) is 8. The van der Waals surface area contributed by atoms with Gasteiger partial charge in [-0.1, -0.05) is 32.0 Å². The molecular formula is C24H31N5O9. The second kappa shape index (κ2) is 13.2. The molecule has 4 atom stereocenters. The van der Waals surface area contributed by atoms with E-state index in [0.717, 1.165) is 16.5 Å². The fourth-order valence-corrected chi connectivity index (χ4v) is 3.72. The van der Waals surface area contributed by atoms with Crippen molar-refractivity contribution >= 4 is 46.5 Å². The highest BCUT2D eigenvalue weighted by Crippen LogP contribution is 2.18. The molecule has 0 aliphatic rings. The highest BCUT2D eigenvalue weighted by atomic mass is 16.4. The van der Waals surface area contributed by atoms with Crippen molar-refractivity contribution in [1.82, 2.24) is 20.9 Å². The van der Waals surface area contributed by atoms with Crippen LogP contribution in [0.25, 0.3) is 10.9 Å². The molecule has 0 saturated carbocycles. The second-order valence-corrected chi connectivity index (χ2v) is 9.06. The number of rotatable bonds is 14. The predicted molar refractivity (Wildman–Crippen MR) is 133 cm³/mol. The Morgan fingerprint density at radius 2 is 1.42 bits per heavy atom. The van der Waals surface area contributed by atoms with Crippen LogP contribution < -0.4 is 21.7 Å². The van der Waals surface area contributed by atoms with Crippen LogP contribution in [0.1, 0.15) is 32.3 Å². The Balaban J connectivity index is 2.12. The van der Waals surface area contributed by atoms with E-state index in [4.69, 9.17) is 10.8 Å². The molecule has 0 fully saturated rings.